The molecule has 0 bridgehead atoms. The molecule has 0 spiro atoms. The second kappa shape index (κ2) is 5.61. The van der Waals surface area contributed by atoms with Crippen LogP contribution in [0.3, 0.4) is 0 Å². The van der Waals surface area contributed by atoms with E-state index in [9.17, 15) is 0 Å². The number of hydrogen-bond donors (Lipinski definition) is 4. The molecule has 23 heavy (non-hydrogen) atoms. The third-order valence-electron chi connectivity index (χ3n) is 3.60. The summed E-state index contributed by atoms with van der Waals surface area (Å²) in [6.07, 6.45) is 0. The second-order valence-corrected chi connectivity index (χ2v) is 5.77. The van der Waals surface area contributed by atoms with Gasteiger partial charge >= 0.3 is 0 Å². The molecular weight excluding hydrogens is 333 g/mol. The van der Waals surface area contributed by atoms with Crippen LogP contribution in [0.1, 0.15) is 11.1 Å². The van der Waals surface area contributed by atoms with Gasteiger partial charge in [-0.2, -0.15) is 0 Å². The molecule has 0 aliphatic rings. The van der Waals surface area contributed by atoms with E-state index in [4.69, 9.17) is 45.7 Å². The fraction of sp³-hybridized carbons (Fsp3) is 0. The highest BCUT2D eigenvalue weighted by Gasteiger charge is 2.21. The minimum absolute atomic E-state index is 0.135. The van der Waals surface area contributed by atoms with Gasteiger partial charge in [0.25, 0.3) is 0 Å². The van der Waals surface area contributed by atoms with Crippen molar-refractivity contribution in [3.05, 3.63) is 58.6 Å². The zero-order valence-corrected chi connectivity index (χ0v) is 13.4. The van der Waals surface area contributed by atoms with Gasteiger partial charge in [0.2, 0.25) is 0 Å². The first-order chi connectivity index (χ1) is 10.9. The van der Waals surface area contributed by atoms with E-state index in [1.165, 1.54) is 4.09 Å². The molecule has 0 saturated heterocycles. The third kappa shape index (κ3) is 2.44. The topological polar surface area (TPSA) is 105 Å². The predicted molar refractivity (Wildman–Crippen MR) is 95.7 cm³/mol. The lowest BCUT2D eigenvalue weighted by Crippen LogP contribution is -2.16. The van der Waals surface area contributed by atoms with Crippen LogP contribution in [0.25, 0.3) is 22.2 Å². The summed E-state index contributed by atoms with van der Waals surface area (Å²) in [6.45, 7) is 0. The van der Waals surface area contributed by atoms with Crippen molar-refractivity contribution in [1.82, 2.24) is 4.09 Å². The summed E-state index contributed by atoms with van der Waals surface area (Å²) < 4.78 is 1.41. The molecule has 1 heterocycles. The first-order valence-corrected chi connectivity index (χ1v) is 7.41. The number of nitrogens with two attached hydrogens (primary N) is 2. The zero-order valence-electron chi connectivity index (χ0n) is 11.9. The fourth-order valence-corrected chi connectivity index (χ4v) is 3.29. The number of halogens is 2. The Balaban J connectivity index is 2.45. The van der Waals surface area contributed by atoms with E-state index in [0.717, 1.165) is 5.56 Å². The van der Waals surface area contributed by atoms with E-state index in [1.807, 2.05) is 30.3 Å². The summed E-state index contributed by atoms with van der Waals surface area (Å²) in [5, 5.41) is 16.4. The van der Waals surface area contributed by atoms with Crippen molar-refractivity contribution in [2.45, 2.75) is 0 Å². The highest BCUT2D eigenvalue weighted by atomic mass is 35.5. The monoisotopic (exact) mass is 345 g/mol. The van der Waals surface area contributed by atoms with Gasteiger partial charge in [-0.05, 0) is 12.1 Å². The Bertz CT molecular complexity index is 944. The Morgan fingerprint density at radius 2 is 1.65 bits per heavy atom. The molecule has 0 atom stereocenters. The first-order valence-electron chi connectivity index (χ1n) is 6.70. The number of rotatable bonds is 3. The van der Waals surface area contributed by atoms with E-state index >= 15 is 0 Å². The van der Waals surface area contributed by atoms with Gasteiger partial charge < -0.3 is 11.5 Å². The molecule has 0 saturated carbocycles. The van der Waals surface area contributed by atoms with Crippen molar-refractivity contribution in [3.63, 3.8) is 0 Å². The molecule has 0 unspecified atom stereocenters. The number of aromatic nitrogens is 1. The standard InChI is InChI=1S/C16H13Cl2N5/c17-13-12-10(16(21)22)6-9(15(19)20)7-11(12)23(18)14(13)8-4-2-1-3-5-8/h1-7H,(H3,19,20)(H3,21,22). The van der Waals surface area contributed by atoms with Gasteiger partial charge in [-0.25, -0.2) is 0 Å². The number of nitrogens with one attached hydrogen (secondary N) is 2. The zero-order chi connectivity index (χ0) is 16.7. The van der Waals surface area contributed by atoms with Crippen molar-refractivity contribution < 1.29 is 0 Å². The molecule has 0 fully saturated rings. The summed E-state index contributed by atoms with van der Waals surface area (Å²) in [5.41, 5.74) is 14.1. The molecule has 0 aliphatic carbocycles. The Labute approximate surface area is 142 Å². The average Bonchev–Trinajstić information content (AvgIpc) is 2.78. The summed E-state index contributed by atoms with van der Waals surface area (Å²) in [5.74, 6) is -0.300. The van der Waals surface area contributed by atoms with Gasteiger partial charge in [0.1, 0.15) is 11.7 Å². The molecule has 3 rings (SSSR count). The highest BCUT2D eigenvalue weighted by molar-refractivity contribution is 6.42. The Hall–Kier alpha value is -2.50. The number of benzene rings is 2. The minimum Gasteiger partial charge on any atom is -0.384 e. The van der Waals surface area contributed by atoms with Crippen molar-refractivity contribution in [1.29, 1.82) is 10.8 Å². The number of fused-ring (bicyclic) bond motifs is 1. The number of amidine groups is 2. The molecule has 116 valence electrons. The fourth-order valence-electron chi connectivity index (χ4n) is 2.54. The van der Waals surface area contributed by atoms with Crippen LogP contribution in [0.15, 0.2) is 42.5 Å². The van der Waals surface area contributed by atoms with E-state index in [0.29, 0.717) is 32.7 Å². The molecule has 6 N–H and O–H groups in total. The van der Waals surface area contributed by atoms with Crippen LogP contribution in [0.2, 0.25) is 5.02 Å². The highest BCUT2D eigenvalue weighted by Crippen LogP contribution is 2.40. The maximum absolute atomic E-state index is 7.79. The lowest BCUT2D eigenvalue weighted by atomic mass is 10.0. The quantitative estimate of drug-likeness (QED) is 0.430. The molecule has 0 radical (unpaired) electrons. The molecule has 7 heteroatoms. The van der Waals surface area contributed by atoms with Crippen LogP contribution in [-0.2, 0) is 0 Å². The van der Waals surface area contributed by atoms with Gasteiger partial charge in [0.15, 0.2) is 0 Å². The molecular formula is C16H13Cl2N5. The van der Waals surface area contributed by atoms with Crippen molar-refractivity contribution in [2.24, 2.45) is 11.5 Å². The van der Waals surface area contributed by atoms with Crippen LogP contribution < -0.4 is 11.5 Å². The maximum atomic E-state index is 7.79. The molecule has 0 amide bonds. The SMILES string of the molecule is N=C(N)c1cc(C(=N)N)c2c(Cl)c(-c3ccccc3)n(Cl)c2c1. The van der Waals surface area contributed by atoms with Crippen LogP contribution in [0, 0.1) is 10.8 Å². The summed E-state index contributed by atoms with van der Waals surface area (Å²) in [6, 6.07) is 12.7. The molecule has 5 nitrogen and oxygen atoms in total. The van der Waals surface area contributed by atoms with Crippen LogP contribution in [0.5, 0.6) is 0 Å². The minimum atomic E-state index is -0.165. The van der Waals surface area contributed by atoms with E-state index in [2.05, 4.69) is 0 Å². The smallest absolute Gasteiger partial charge is 0.123 e. The van der Waals surface area contributed by atoms with Crippen molar-refractivity contribution in [3.8, 4) is 11.3 Å². The lowest BCUT2D eigenvalue weighted by Gasteiger charge is -2.06. The van der Waals surface area contributed by atoms with Crippen LogP contribution >= 0.6 is 23.4 Å². The van der Waals surface area contributed by atoms with E-state index in [-0.39, 0.29) is 11.7 Å². The van der Waals surface area contributed by atoms with Gasteiger partial charge in [-0.3, -0.25) is 14.9 Å². The molecule has 0 aliphatic heterocycles. The van der Waals surface area contributed by atoms with Gasteiger partial charge in [0, 0.05) is 33.9 Å². The van der Waals surface area contributed by atoms with Gasteiger partial charge in [-0.15, -0.1) is 0 Å². The Morgan fingerprint density at radius 1 is 1.00 bits per heavy atom. The number of nitrogens with zero attached hydrogens (tertiary/aromatic N) is 1. The number of hydrogen-bond acceptors (Lipinski definition) is 2. The van der Waals surface area contributed by atoms with Crippen molar-refractivity contribution >= 4 is 46.0 Å². The lowest BCUT2D eigenvalue weighted by molar-refractivity contribution is 1.32. The van der Waals surface area contributed by atoms with Crippen LogP contribution in [0.4, 0.5) is 0 Å². The summed E-state index contributed by atoms with van der Waals surface area (Å²) in [4.78, 5) is 0. The number of nitrogen functional groups attached to an aromatic ring is 2. The summed E-state index contributed by atoms with van der Waals surface area (Å²) >= 11 is 13.0. The van der Waals surface area contributed by atoms with Crippen molar-refractivity contribution in [2.75, 3.05) is 0 Å². The summed E-state index contributed by atoms with van der Waals surface area (Å²) in [7, 11) is 0. The molecule has 2 aromatic carbocycles. The van der Waals surface area contributed by atoms with E-state index < -0.39 is 0 Å². The predicted octanol–water partition coefficient (Wildman–Crippen LogP) is 3.53. The van der Waals surface area contributed by atoms with Gasteiger partial charge in [0.05, 0.1) is 16.2 Å². The maximum Gasteiger partial charge on any atom is 0.123 e. The normalized spacial score (nSPS) is 10.9. The molecule has 3 aromatic rings. The second-order valence-electron chi connectivity index (χ2n) is 5.05. The first kappa shape index (κ1) is 15.4. The Morgan fingerprint density at radius 3 is 2.22 bits per heavy atom. The molecule has 1 aromatic heterocycles. The largest absolute Gasteiger partial charge is 0.384 e. The van der Waals surface area contributed by atoms with Gasteiger partial charge in [-0.1, -0.05) is 41.9 Å². The van der Waals surface area contributed by atoms with Crippen LogP contribution in [-0.4, -0.2) is 15.8 Å². The Kier molecular flexibility index (Phi) is 3.75. The van der Waals surface area contributed by atoms with E-state index in [1.54, 1.807) is 12.1 Å². The average molecular weight is 346 g/mol. The third-order valence-corrected chi connectivity index (χ3v) is 4.32.